The van der Waals surface area contributed by atoms with Gasteiger partial charge in [-0.1, -0.05) is 69.4 Å². The van der Waals surface area contributed by atoms with Crippen LogP contribution in [-0.2, 0) is 16.0 Å². The number of hydrogen-bond acceptors (Lipinski definition) is 5. The third-order valence-electron chi connectivity index (χ3n) is 5.61. The van der Waals surface area contributed by atoms with Crippen LogP contribution in [0.5, 0.6) is 11.5 Å². The van der Waals surface area contributed by atoms with E-state index >= 15 is 0 Å². The number of aliphatic carboxylic acids is 1. The second-order valence-corrected chi connectivity index (χ2v) is 8.41. The van der Waals surface area contributed by atoms with E-state index in [1.54, 1.807) is 36.1 Å². The van der Waals surface area contributed by atoms with Gasteiger partial charge in [0.05, 0.1) is 6.54 Å². The van der Waals surface area contributed by atoms with Crippen molar-refractivity contribution in [3.05, 3.63) is 60.2 Å². The zero-order valence-corrected chi connectivity index (χ0v) is 21.0. The van der Waals surface area contributed by atoms with E-state index in [0.717, 1.165) is 18.4 Å². The molecule has 1 amide bonds. The number of para-hydroxylation sites is 1. The summed E-state index contributed by atoms with van der Waals surface area (Å²) >= 11 is 0. The summed E-state index contributed by atoms with van der Waals surface area (Å²) in [4.78, 5) is 25.7. The fraction of sp³-hybridized carbons (Fsp3) is 0.500. The van der Waals surface area contributed by atoms with E-state index in [4.69, 9.17) is 14.2 Å². The van der Waals surface area contributed by atoms with Crippen molar-refractivity contribution in [1.82, 2.24) is 4.90 Å². The van der Waals surface area contributed by atoms with E-state index in [9.17, 15) is 14.7 Å². The van der Waals surface area contributed by atoms with Gasteiger partial charge in [0.2, 0.25) is 0 Å². The molecule has 1 unspecified atom stereocenters. The number of carboxylic acid groups (broad SMARTS) is 1. The first-order valence-corrected chi connectivity index (χ1v) is 12.6. The van der Waals surface area contributed by atoms with Crippen molar-refractivity contribution in [2.45, 2.75) is 64.9 Å². The maximum Gasteiger partial charge on any atom is 0.415 e. The Morgan fingerprint density at radius 3 is 2.20 bits per heavy atom. The van der Waals surface area contributed by atoms with Gasteiger partial charge < -0.3 is 24.2 Å². The maximum absolute atomic E-state index is 12.8. The van der Waals surface area contributed by atoms with E-state index in [2.05, 4.69) is 6.92 Å². The number of carbonyl (C=O) groups excluding carboxylic acids is 1. The van der Waals surface area contributed by atoms with E-state index in [1.165, 1.54) is 25.7 Å². The molecule has 35 heavy (non-hydrogen) atoms. The van der Waals surface area contributed by atoms with Crippen LogP contribution in [0.1, 0.15) is 57.9 Å². The minimum Gasteiger partial charge on any atom is -0.492 e. The van der Waals surface area contributed by atoms with E-state index in [-0.39, 0.29) is 6.09 Å². The molecule has 0 saturated heterocycles. The normalized spacial score (nSPS) is 11.6. The van der Waals surface area contributed by atoms with Crippen molar-refractivity contribution in [1.29, 1.82) is 0 Å². The van der Waals surface area contributed by atoms with Crippen LogP contribution in [0.15, 0.2) is 54.6 Å². The van der Waals surface area contributed by atoms with Gasteiger partial charge in [-0.25, -0.2) is 9.59 Å². The summed E-state index contributed by atoms with van der Waals surface area (Å²) in [5, 5.41) is 9.25. The van der Waals surface area contributed by atoms with Crippen molar-refractivity contribution >= 4 is 12.1 Å². The Kier molecular flexibility index (Phi) is 13.3. The van der Waals surface area contributed by atoms with E-state index < -0.39 is 12.1 Å². The molecule has 0 aromatic heterocycles. The molecule has 7 heteroatoms. The fourth-order valence-electron chi connectivity index (χ4n) is 3.66. The van der Waals surface area contributed by atoms with Crippen LogP contribution in [0.4, 0.5) is 4.79 Å². The molecule has 192 valence electrons. The molecule has 0 aliphatic rings. The second kappa shape index (κ2) is 16.5. The van der Waals surface area contributed by atoms with Crippen molar-refractivity contribution in [2.75, 3.05) is 26.3 Å². The lowest BCUT2D eigenvalue weighted by Crippen LogP contribution is -2.37. The smallest absolute Gasteiger partial charge is 0.415 e. The summed E-state index contributed by atoms with van der Waals surface area (Å²) < 4.78 is 16.7. The van der Waals surface area contributed by atoms with Crippen molar-refractivity contribution in [2.24, 2.45) is 0 Å². The maximum atomic E-state index is 12.8. The van der Waals surface area contributed by atoms with Crippen LogP contribution in [0.25, 0.3) is 0 Å². The Bertz CT molecular complexity index is 856. The first kappa shape index (κ1) is 28.2. The number of unbranched alkanes of at least 4 members (excludes halogenated alkanes) is 5. The molecule has 1 atom stereocenters. The van der Waals surface area contributed by atoms with Crippen LogP contribution in [0.2, 0.25) is 0 Å². The highest BCUT2D eigenvalue weighted by atomic mass is 16.6. The monoisotopic (exact) mass is 485 g/mol. The minimum atomic E-state index is -0.972. The van der Waals surface area contributed by atoms with Crippen molar-refractivity contribution in [3.63, 3.8) is 0 Å². The van der Waals surface area contributed by atoms with E-state index in [1.807, 2.05) is 30.3 Å². The molecule has 0 heterocycles. The Hall–Kier alpha value is -3.06. The first-order valence-electron chi connectivity index (χ1n) is 12.6. The van der Waals surface area contributed by atoms with Gasteiger partial charge in [0.25, 0.3) is 0 Å². The molecular weight excluding hydrogens is 446 g/mol. The second-order valence-electron chi connectivity index (χ2n) is 8.41. The molecule has 1 N–H and O–H groups in total. The number of hydrogen-bond donors (Lipinski definition) is 1. The van der Waals surface area contributed by atoms with Gasteiger partial charge in [0.15, 0.2) is 6.10 Å². The molecular formula is C28H39NO6. The number of nitrogens with zero attached hydrogens (tertiary/aromatic N) is 1. The Labute approximate surface area is 209 Å². The number of ether oxygens (including phenoxy) is 3. The summed E-state index contributed by atoms with van der Waals surface area (Å²) in [7, 11) is 0. The zero-order chi connectivity index (χ0) is 25.3. The lowest BCUT2D eigenvalue weighted by molar-refractivity contribution is -0.149. The number of amides is 1. The van der Waals surface area contributed by atoms with Gasteiger partial charge in [-0.05, 0) is 43.2 Å². The van der Waals surface area contributed by atoms with Crippen LogP contribution >= 0.6 is 0 Å². The van der Waals surface area contributed by atoms with Crippen LogP contribution in [0.3, 0.4) is 0 Å². The predicted molar refractivity (Wildman–Crippen MR) is 136 cm³/mol. The SMILES string of the molecule is CCCCCCCCN(CCOc1ccc(CC(OCC)C(=O)O)cc1)C(=O)Oc1ccccc1. The summed E-state index contributed by atoms with van der Waals surface area (Å²) in [6.07, 6.45) is 5.91. The largest absolute Gasteiger partial charge is 0.492 e. The number of carbonyl (C=O) groups is 2. The number of benzene rings is 2. The zero-order valence-electron chi connectivity index (χ0n) is 21.0. The molecule has 0 spiro atoms. The quantitative estimate of drug-likeness (QED) is 0.278. The molecule has 0 radical (unpaired) electrons. The van der Waals surface area contributed by atoms with Gasteiger partial charge in [0.1, 0.15) is 18.1 Å². The Balaban J connectivity index is 1.86. The molecule has 0 aliphatic carbocycles. The molecule has 0 fully saturated rings. The van der Waals surface area contributed by atoms with Gasteiger partial charge in [-0.2, -0.15) is 0 Å². The Morgan fingerprint density at radius 2 is 1.54 bits per heavy atom. The van der Waals surface area contributed by atoms with Gasteiger partial charge in [0, 0.05) is 19.6 Å². The minimum absolute atomic E-state index is 0.292. The molecule has 2 rings (SSSR count). The fourth-order valence-corrected chi connectivity index (χ4v) is 3.66. The number of carboxylic acids is 1. The summed E-state index contributed by atoms with van der Waals surface area (Å²) in [6, 6.07) is 16.4. The van der Waals surface area contributed by atoms with Gasteiger partial charge >= 0.3 is 12.1 Å². The third kappa shape index (κ3) is 11.3. The highest BCUT2D eigenvalue weighted by molar-refractivity contribution is 5.72. The molecule has 0 aliphatic heterocycles. The third-order valence-corrected chi connectivity index (χ3v) is 5.61. The van der Waals surface area contributed by atoms with Crippen molar-refractivity contribution < 1.29 is 28.9 Å². The average Bonchev–Trinajstić information content (AvgIpc) is 2.86. The van der Waals surface area contributed by atoms with Crippen LogP contribution in [0, 0.1) is 0 Å². The summed E-state index contributed by atoms with van der Waals surface area (Å²) in [6.45, 7) is 5.68. The highest BCUT2D eigenvalue weighted by Crippen LogP contribution is 2.16. The Morgan fingerprint density at radius 1 is 0.857 bits per heavy atom. The average molecular weight is 486 g/mol. The summed E-state index contributed by atoms with van der Waals surface area (Å²) in [5.41, 5.74) is 0.856. The number of rotatable bonds is 17. The summed E-state index contributed by atoms with van der Waals surface area (Å²) in [5.74, 6) is 0.210. The molecule has 7 nitrogen and oxygen atoms in total. The van der Waals surface area contributed by atoms with Gasteiger partial charge in [-0.15, -0.1) is 0 Å². The molecule has 2 aromatic rings. The molecule has 0 saturated carbocycles. The predicted octanol–water partition coefficient (Wildman–Crippen LogP) is 5.96. The van der Waals surface area contributed by atoms with Crippen LogP contribution < -0.4 is 9.47 Å². The standard InChI is InChI=1S/C28H39NO6/c1-3-5-6-7-8-12-19-29(28(32)35-25-13-10-9-11-14-25)20-21-34-24-17-15-23(16-18-24)22-26(27(30)31)33-4-2/h9-11,13-18,26H,3-8,12,19-22H2,1-2H3,(H,30,31). The molecule has 2 aromatic carbocycles. The van der Waals surface area contributed by atoms with Gasteiger partial charge in [-0.3, -0.25) is 0 Å². The van der Waals surface area contributed by atoms with Crippen molar-refractivity contribution in [3.8, 4) is 11.5 Å². The van der Waals surface area contributed by atoms with E-state index in [0.29, 0.717) is 44.2 Å². The lowest BCUT2D eigenvalue weighted by Gasteiger charge is -2.22. The first-order chi connectivity index (χ1) is 17.0. The highest BCUT2D eigenvalue weighted by Gasteiger charge is 2.18. The molecule has 0 bridgehead atoms. The van der Waals surface area contributed by atoms with Crippen LogP contribution in [-0.4, -0.2) is 54.5 Å². The topological polar surface area (TPSA) is 85.3 Å². The lowest BCUT2D eigenvalue weighted by atomic mass is 10.1.